The number of benzene rings is 1. The Labute approximate surface area is 146 Å². The maximum absolute atomic E-state index is 12.1. The second kappa shape index (κ2) is 7.95. The van der Waals surface area contributed by atoms with Gasteiger partial charge in [-0.25, -0.2) is 4.98 Å². The van der Waals surface area contributed by atoms with Gasteiger partial charge < -0.3 is 0 Å². The van der Waals surface area contributed by atoms with E-state index in [-0.39, 0.29) is 5.91 Å². The van der Waals surface area contributed by atoms with Crippen LogP contribution in [0.5, 0.6) is 0 Å². The molecule has 7 nitrogen and oxygen atoms in total. The van der Waals surface area contributed by atoms with Crippen molar-refractivity contribution in [1.29, 1.82) is 0 Å². The Bertz CT molecular complexity index is 804. The van der Waals surface area contributed by atoms with Gasteiger partial charge in [-0.3, -0.25) is 20.4 Å². The van der Waals surface area contributed by atoms with Crippen molar-refractivity contribution >= 4 is 39.4 Å². The van der Waals surface area contributed by atoms with Crippen molar-refractivity contribution in [3.05, 3.63) is 51.4 Å². The predicted molar refractivity (Wildman–Crippen MR) is 94.4 cm³/mol. The van der Waals surface area contributed by atoms with Crippen LogP contribution in [0.1, 0.15) is 20.9 Å². The van der Waals surface area contributed by atoms with Gasteiger partial charge >= 0.3 is 0 Å². The number of carbonyl (C=O) groups is 1. The lowest BCUT2D eigenvalue weighted by Crippen LogP contribution is -2.12. The molecule has 124 valence electrons. The molecule has 24 heavy (non-hydrogen) atoms. The first-order chi connectivity index (χ1) is 11.7. The van der Waals surface area contributed by atoms with Crippen LogP contribution in [0.15, 0.2) is 35.3 Å². The molecule has 0 atom stereocenters. The van der Waals surface area contributed by atoms with Crippen molar-refractivity contribution in [2.75, 3.05) is 17.4 Å². The first-order valence-electron chi connectivity index (χ1n) is 7.17. The highest BCUT2D eigenvalue weighted by atomic mass is 32.1. The predicted octanol–water partition coefficient (Wildman–Crippen LogP) is 3.14. The highest BCUT2D eigenvalue weighted by Crippen LogP contribution is 2.15. The van der Waals surface area contributed by atoms with E-state index in [1.165, 1.54) is 16.2 Å². The number of hydrogen-bond donors (Lipinski definition) is 2. The molecule has 3 rings (SSSR count). The summed E-state index contributed by atoms with van der Waals surface area (Å²) in [5, 5.41) is 10.6. The van der Waals surface area contributed by atoms with Crippen LogP contribution in [0.2, 0.25) is 0 Å². The average molecular weight is 361 g/mol. The molecule has 2 N–H and O–H groups in total. The van der Waals surface area contributed by atoms with E-state index in [1.54, 1.807) is 35.0 Å². The third kappa shape index (κ3) is 4.34. The number of nitrogens with zero attached hydrogens (tertiary/aromatic N) is 3. The van der Waals surface area contributed by atoms with Crippen LogP contribution >= 0.6 is 22.7 Å². The van der Waals surface area contributed by atoms with Gasteiger partial charge in [-0.15, -0.1) is 21.5 Å². The fourth-order valence-corrected chi connectivity index (χ4v) is 3.17. The molecule has 0 aliphatic heterocycles. The molecule has 0 aliphatic rings. The Balaban J connectivity index is 1.51. The van der Waals surface area contributed by atoms with Gasteiger partial charge in [0, 0.05) is 16.9 Å². The zero-order valence-corrected chi connectivity index (χ0v) is 14.5. The quantitative estimate of drug-likeness (QED) is 0.496. The van der Waals surface area contributed by atoms with Crippen LogP contribution in [-0.4, -0.2) is 27.7 Å². The zero-order chi connectivity index (χ0) is 16.8. The minimum atomic E-state index is -0.240. The molecule has 0 spiro atoms. The average Bonchev–Trinajstić information content (AvgIpc) is 3.24. The summed E-state index contributed by atoms with van der Waals surface area (Å²) in [6, 6.07) is 7.06. The Morgan fingerprint density at radius 3 is 2.96 bits per heavy atom. The second-order valence-electron chi connectivity index (χ2n) is 4.84. The number of thiazole rings is 1. The molecule has 0 saturated carbocycles. The SMILES string of the molecule is Cc1ncsc1CCONc1cccc(C(=O)Nc2nncs2)c1. The molecular weight excluding hydrogens is 346 g/mol. The van der Waals surface area contributed by atoms with E-state index in [0.29, 0.717) is 23.0 Å². The van der Waals surface area contributed by atoms with Gasteiger partial charge in [-0.2, -0.15) is 0 Å². The summed E-state index contributed by atoms with van der Waals surface area (Å²) in [6.45, 7) is 2.50. The molecule has 2 heterocycles. The minimum absolute atomic E-state index is 0.240. The van der Waals surface area contributed by atoms with Crippen molar-refractivity contribution in [3.63, 3.8) is 0 Å². The van der Waals surface area contributed by atoms with E-state index in [1.807, 2.05) is 18.5 Å². The van der Waals surface area contributed by atoms with Gasteiger partial charge in [0.15, 0.2) is 0 Å². The van der Waals surface area contributed by atoms with Crippen LogP contribution in [0.4, 0.5) is 10.8 Å². The van der Waals surface area contributed by atoms with E-state index >= 15 is 0 Å². The van der Waals surface area contributed by atoms with Gasteiger partial charge in [0.1, 0.15) is 5.51 Å². The Hall–Kier alpha value is -2.36. The van der Waals surface area contributed by atoms with Gasteiger partial charge in [0.25, 0.3) is 5.91 Å². The lowest BCUT2D eigenvalue weighted by atomic mass is 10.2. The Kier molecular flexibility index (Phi) is 5.47. The van der Waals surface area contributed by atoms with E-state index in [9.17, 15) is 4.79 Å². The maximum Gasteiger partial charge on any atom is 0.257 e. The third-order valence-electron chi connectivity index (χ3n) is 3.17. The molecule has 0 bridgehead atoms. The first kappa shape index (κ1) is 16.5. The lowest BCUT2D eigenvalue weighted by molar-refractivity contribution is 0.102. The summed E-state index contributed by atoms with van der Waals surface area (Å²) in [7, 11) is 0. The smallest absolute Gasteiger partial charge is 0.257 e. The summed E-state index contributed by atoms with van der Waals surface area (Å²) < 4.78 is 0. The lowest BCUT2D eigenvalue weighted by Gasteiger charge is -2.08. The second-order valence-corrected chi connectivity index (χ2v) is 6.61. The molecule has 9 heteroatoms. The van der Waals surface area contributed by atoms with E-state index in [2.05, 4.69) is 26.0 Å². The number of hydrogen-bond acceptors (Lipinski definition) is 8. The molecule has 3 aromatic rings. The summed E-state index contributed by atoms with van der Waals surface area (Å²) >= 11 is 2.89. The van der Waals surface area contributed by atoms with Crippen LogP contribution in [0, 0.1) is 6.92 Å². The van der Waals surface area contributed by atoms with Crippen LogP contribution in [0.25, 0.3) is 0 Å². The summed E-state index contributed by atoms with van der Waals surface area (Å²) in [5.41, 5.74) is 8.51. The maximum atomic E-state index is 12.1. The molecule has 0 aliphatic carbocycles. The normalized spacial score (nSPS) is 10.5. The van der Waals surface area contributed by atoms with Gasteiger partial charge in [-0.05, 0) is 25.1 Å². The Morgan fingerprint density at radius 2 is 2.21 bits per heavy atom. The monoisotopic (exact) mass is 361 g/mol. The van der Waals surface area contributed by atoms with Gasteiger partial charge in [0.05, 0.1) is 23.5 Å². The van der Waals surface area contributed by atoms with Gasteiger partial charge in [0.2, 0.25) is 5.13 Å². The number of anilines is 2. The highest BCUT2D eigenvalue weighted by molar-refractivity contribution is 7.13. The number of carbonyl (C=O) groups excluding carboxylic acids is 1. The number of rotatable bonds is 7. The van der Waals surface area contributed by atoms with Crippen molar-refractivity contribution < 1.29 is 9.63 Å². The summed E-state index contributed by atoms with van der Waals surface area (Å²) in [5.74, 6) is -0.240. The molecule has 0 radical (unpaired) electrons. The molecule has 0 unspecified atom stereocenters. The Morgan fingerprint density at radius 1 is 1.29 bits per heavy atom. The summed E-state index contributed by atoms with van der Waals surface area (Å²) in [6.07, 6.45) is 0.792. The van der Waals surface area contributed by atoms with Crippen LogP contribution in [0.3, 0.4) is 0 Å². The summed E-state index contributed by atoms with van der Waals surface area (Å²) in [4.78, 5) is 23.0. The molecule has 0 fully saturated rings. The van der Waals surface area contributed by atoms with Crippen LogP contribution < -0.4 is 10.8 Å². The molecular formula is C15H15N5O2S2. The molecule has 0 saturated heterocycles. The fraction of sp³-hybridized carbons (Fsp3) is 0.200. The molecule has 2 aromatic heterocycles. The van der Waals surface area contributed by atoms with Crippen molar-refractivity contribution in [2.45, 2.75) is 13.3 Å². The van der Waals surface area contributed by atoms with E-state index in [0.717, 1.165) is 12.1 Å². The third-order valence-corrected chi connectivity index (χ3v) is 4.77. The number of nitrogens with one attached hydrogen (secondary N) is 2. The fourth-order valence-electron chi connectivity index (χ4n) is 1.96. The topological polar surface area (TPSA) is 89.0 Å². The zero-order valence-electron chi connectivity index (χ0n) is 12.9. The van der Waals surface area contributed by atoms with E-state index < -0.39 is 0 Å². The van der Waals surface area contributed by atoms with Crippen molar-refractivity contribution in [2.24, 2.45) is 0 Å². The van der Waals surface area contributed by atoms with E-state index in [4.69, 9.17) is 4.84 Å². The largest absolute Gasteiger partial charge is 0.296 e. The van der Waals surface area contributed by atoms with Crippen LogP contribution in [-0.2, 0) is 11.3 Å². The number of aromatic nitrogens is 3. The molecule has 1 amide bonds. The highest BCUT2D eigenvalue weighted by Gasteiger charge is 2.08. The number of amides is 1. The van der Waals surface area contributed by atoms with Crippen molar-refractivity contribution in [1.82, 2.24) is 15.2 Å². The molecule has 1 aromatic carbocycles. The van der Waals surface area contributed by atoms with Gasteiger partial charge in [-0.1, -0.05) is 17.4 Å². The first-order valence-corrected chi connectivity index (χ1v) is 8.92. The standard InChI is InChI=1S/C15H15N5O2S2/c1-10-13(23-8-16-10)5-6-22-20-12-4-2-3-11(7-12)14(21)18-15-19-17-9-24-15/h2-4,7-9,20H,5-6H2,1H3,(H,18,19,21). The number of aryl methyl sites for hydroxylation is 1. The minimum Gasteiger partial charge on any atom is -0.296 e. The van der Waals surface area contributed by atoms with Crippen molar-refractivity contribution in [3.8, 4) is 0 Å².